The number of nitrogens with one attached hydrogen (secondary N) is 1. The third-order valence-corrected chi connectivity index (χ3v) is 5.07. The predicted molar refractivity (Wildman–Crippen MR) is 60.9 cm³/mol. The average molecular weight is 241 g/mol. The van der Waals surface area contributed by atoms with Crippen molar-refractivity contribution in [1.82, 2.24) is 5.32 Å². The molecule has 0 spiro atoms. The molecule has 5 heteroatoms. The zero-order valence-corrected chi connectivity index (χ0v) is 9.65. The number of hydrogen-bond acceptors (Lipinski definition) is 4. The van der Waals surface area contributed by atoms with Gasteiger partial charge in [-0.05, 0) is 25.1 Å². The van der Waals surface area contributed by atoms with Gasteiger partial charge in [0.15, 0.2) is 9.84 Å². The molecular weight excluding hydrogens is 226 g/mol. The summed E-state index contributed by atoms with van der Waals surface area (Å²) in [6, 6.07) is 8.28. The highest BCUT2D eigenvalue weighted by Gasteiger charge is 2.35. The summed E-state index contributed by atoms with van der Waals surface area (Å²) in [6.45, 7) is 0.986. The SMILES string of the molecule is O=S(=O)(c1ccccc1)[C@H]1CNCC[C@@H]1O. The second kappa shape index (κ2) is 4.53. The van der Waals surface area contributed by atoms with Gasteiger partial charge in [-0.2, -0.15) is 0 Å². The summed E-state index contributed by atoms with van der Waals surface area (Å²) in [5.41, 5.74) is 0. The van der Waals surface area contributed by atoms with Gasteiger partial charge in [0.1, 0.15) is 5.25 Å². The third-order valence-electron chi connectivity index (χ3n) is 2.86. The van der Waals surface area contributed by atoms with Crippen molar-refractivity contribution in [1.29, 1.82) is 0 Å². The first-order valence-corrected chi connectivity index (χ1v) is 6.85. The molecule has 1 saturated heterocycles. The van der Waals surface area contributed by atoms with E-state index >= 15 is 0 Å². The van der Waals surface area contributed by atoms with Crippen LogP contribution < -0.4 is 5.32 Å². The lowest BCUT2D eigenvalue weighted by Crippen LogP contribution is -2.48. The van der Waals surface area contributed by atoms with Crippen LogP contribution in [0.3, 0.4) is 0 Å². The van der Waals surface area contributed by atoms with Gasteiger partial charge in [-0.3, -0.25) is 0 Å². The zero-order chi connectivity index (χ0) is 11.6. The lowest BCUT2D eigenvalue weighted by molar-refractivity contribution is 0.140. The highest BCUT2D eigenvalue weighted by atomic mass is 32.2. The van der Waals surface area contributed by atoms with E-state index < -0.39 is 21.2 Å². The minimum atomic E-state index is -3.42. The Labute approximate surface area is 95.2 Å². The Morgan fingerprint density at radius 1 is 1.25 bits per heavy atom. The summed E-state index contributed by atoms with van der Waals surface area (Å²) < 4.78 is 24.4. The van der Waals surface area contributed by atoms with E-state index in [4.69, 9.17) is 0 Å². The number of aliphatic hydroxyl groups excluding tert-OH is 1. The largest absolute Gasteiger partial charge is 0.392 e. The highest BCUT2D eigenvalue weighted by Crippen LogP contribution is 2.20. The molecule has 16 heavy (non-hydrogen) atoms. The smallest absolute Gasteiger partial charge is 0.185 e. The molecule has 1 aliphatic rings. The van der Waals surface area contributed by atoms with Crippen LogP contribution in [0.1, 0.15) is 6.42 Å². The zero-order valence-electron chi connectivity index (χ0n) is 8.83. The maximum absolute atomic E-state index is 12.2. The summed E-state index contributed by atoms with van der Waals surface area (Å²) in [5, 5.41) is 12.0. The van der Waals surface area contributed by atoms with Gasteiger partial charge in [-0.25, -0.2) is 8.42 Å². The van der Waals surface area contributed by atoms with Crippen molar-refractivity contribution in [2.45, 2.75) is 22.7 Å². The van der Waals surface area contributed by atoms with E-state index in [0.29, 0.717) is 19.5 Å². The topological polar surface area (TPSA) is 66.4 Å². The van der Waals surface area contributed by atoms with Crippen molar-refractivity contribution in [3.63, 3.8) is 0 Å². The molecule has 0 saturated carbocycles. The quantitative estimate of drug-likeness (QED) is 0.775. The Kier molecular flexibility index (Phi) is 3.28. The molecule has 1 aromatic rings. The van der Waals surface area contributed by atoms with Crippen LogP contribution in [0.15, 0.2) is 35.2 Å². The summed E-state index contributed by atoms with van der Waals surface area (Å²) >= 11 is 0. The first kappa shape index (κ1) is 11.6. The van der Waals surface area contributed by atoms with Crippen molar-refractivity contribution in [2.75, 3.05) is 13.1 Å². The molecule has 0 aromatic heterocycles. The molecule has 2 N–H and O–H groups in total. The fourth-order valence-electron chi connectivity index (χ4n) is 1.92. The standard InChI is InChI=1S/C11H15NO3S/c13-10-6-7-12-8-11(10)16(14,15)9-4-2-1-3-5-9/h1-5,10-13H,6-8H2/t10-,11-/m0/s1. The van der Waals surface area contributed by atoms with Gasteiger partial charge >= 0.3 is 0 Å². The van der Waals surface area contributed by atoms with E-state index in [0.717, 1.165) is 0 Å². The Morgan fingerprint density at radius 2 is 1.94 bits per heavy atom. The van der Waals surface area contributed by atoms with Crippen LogP contribution in [0.2, 0.25) is 0 Å². The fourth-order valence-corrected chi connectivity index (χ4v) is 3.69. The normalized spacial score (nSPS) is 26.6. The first-order chi connectivity index (χ1) is 7.62. The van der Waals surface area contributed by atoms with Crippen LogP contribution in [0, 0.1) is 0 Å². The van der Waals surface area contributed by atoms with Crippen LogP contribution in [0.4, 0.5) is 0 Å². The van der Waals surface area contributed by atoms with E-state index in [1.165, 1.54) is 0 Å². The second-order valence-electron chi connectivity index (χ2n) is 3.96. The van der Waals surface area contributed by atoms with Gasteiger partial charge < -0.3 is 10.4 Å². The van der Waals surface area contributed by atoms with Crippen LogP contribution in [0.5, 0.6) is 0 Å². The molecule has 1 heterocycles. The Morgan fingerprint density at radius 3 is 2.56 bits per heavy atom. The van der Waals surface area contributed by atoms with E-state index in [2.05, 4.69) is 5.32 Å². The summed E-state index contributed by atoms with van der Waals surface area (Å²) in [4.78, 5) is 0.280. The van der Waals surface area contributed by atoms with E-state index in [1.807, 2.05) is 0 Å². The number of sulfone groups is 1. The lowest BCUT2D eigenvalue weighted by atomic mass is 10.1. The van der Waals surface area contributed by atoms with Gasteiger partial charge in [0.25, 0.3) is 0 Å². The van der Waals surface area contributed by atoms with Gasteiger partial charge in [0.2, 0.25) is 0 Å². The number of piperidine rings is 1. The van der Waals surface area contributed by atoms with Crippen molar-refractivity contribution in [3.8, 4) is 0 Å². The summed E-state index contributed by atoms with van der Waals surface area (Å²) in [5.74, 6) is 0. The fraction of sp³-hybridized carbons (Fsp3) is 0.455. The number of hydrogen-bond donors (Lipinski definition) is 2. The second-order valence-corrected chi connectivity index (χ2v) is 6.12. The molecule has 0 aliphatic carbocycles. The van der Waals surface area contributed by atoms with E-state index in [-0.39, 0.29) is 4.90 Å². The molecule has 88 valence electrons. The summed E-state index contributed by atoms with van der Waals surface area (Å²) in [7, 11) is -3.42. The first-order valence-electron chi connectivity index (χ1n) is 5.30. The van der Waals surface area contributed by atoms with Gasteiger partial charge in [-0.15, -0.1) is 0 Å². The van der Waals surface area contributed by atoms with Crippen molar-refractivity contribution in [2.24, 2.45) is 0 Å². The number of aliphatic hydroxyl groups is 1. The predicted octanol–water partition coefficient (Wildman–Crippen LogP) is 0.183. The third kappa shape index (κ3) is 2.11. The van der Waals surface area contributed by atoms with E-state index in [1.54, 1.807) is 30.3 Å². The molecule has 1 aromatic carbocycles. The maximum atomic E-state index is 12.2. The number of benzene rings is 1. The Bertz CT molecular complexity index is 444. The molecule has 1 aliphatic heterocycles. The average Bonchev–Trinajstić information content (AvgIpc) is 2.30. The molecule has 4 nitrogen and oxygen atoms in total. The molecule has 1 fully saturated rings. The van der Waals surface area contributed by atoms with Crippen molar-refractivity contribution >= 4 is 9.84 Å². The molecule has 0 radical (unpaired) electrons. The van der Waals surface area contributed by atoms with Crippen molar-refractivity contribution in [3.05, 3.63) is 30.3 Å². The van der Waals surface area contributed by atoms with Crippen LogP contribution in [-0.2, 0) is 9.84 Å². The summed E-state index contributed by atoms with van der Waals surface area (Å²) in [6.07, 6.45) is -0.289. The molecule has 0 bridgehead atoms. The van der Waals surface area contributed by atoms with Crippen molar-refractivity contribution < 1.29 is 13.5 Å². The van der Waals surface area contributed by atoms with Crippen LogP contribution >= 0.6 is 0 Å². The monoisotopic (exact) mass is 241 g/mol. The lowest BCUT2D eigenvalue weighted by Gasteiger charge is -2.28. The van der Waals surface area contributed by atoms with Crippen LogP contribution in [0.25, 0.3) is 0 Å². The minimum Gasteiger partial charge on any atom is -0.392 e. The van der Waals surface area contributed by atoms with Gasteiger partial charge in [-0.1, -0.05) is 18.2 Å². The molecule has 2 atom stereocenters. The Balaban J connectivity index is 2.32. The Hall–Kier alpha value is -0.910. The molecule has 0 unspecified atom stereocenters. The van der Waals surface area contributed by atoms with Crippen LogP contribution in [-0.4, -0.2) is 38.0 Å². The van der Waals surface area contributed by atoms with Gasteiger partial charge in [0.05, 0.1) is 11.0 Å². The molecular formula is C11H15NO3S. The van der Waals surface area contributed by atoms with Gasteiger partial charge in [0, 0.05) is 6.54 Å². The van der Waals surface area contributed by atoms with E-state index in [9.17, 15) is 13.5 Å². The highest BCUT2D eigenvalue weighted by molar-refractivity contribution is 7.92. The molecule has 0 amide bonds. The maximum Gasteiger partial charge on any atom is 0.185 e. The number of rotatable bonds is 2. The molecule has 2 rings (SSSR count). The minimum absolute atomic E-state index is 0.280.